The van der Waals surface area contributed by atoms with Crippen LogP contribution < -0.4 is 0 Å². The second-order valence-electron chi connectivity index (χ2n) is 7.64. The maximum atomic E-state index is 12.1. The van der Waals surface area contributed by atoms with Gasteiger partial charge in [-0.2, -0.15) is 14.7 Å². The van der Waals surface area contributed by atoms with Crippen LogP contribution >= 0.6 is 0 Å². The molecule has 0 saturated heterocycles. The van der Waals surface area contributed by atoms with Crippen LogP contribution in [0.2, 0.25) is 0 Å². The van der Waals surface area contributed by atoms with Gasteiger partial charge in [-0.1, -0.05) is 79.1 Å². The molecule has 8 nitrogen and oxygen atoms in total. The van der Waals surface area contributed by atoms with Gasteiger partial charge >= 0.3 is 11.9 Å². The summed E-state index contributed by atoms with van der Waals surface area (Å²) in [4.78, 5) is 44.1. The van der Waals surface area contributed by atoms with Crippen LogP contribution in [0.15, 0.2) is 0 Å². The van der Waals surface area contributed by atoms with Crippen molar-refractivity contribution in [2.45, 2.75) is 117 Å². The lowest BCUT2D eigenvalue weighted by molar-refractivity contribution is -0.634. The zero-order valence-electron chi connectivity index (χ0n) is 20.3. The molecule has 0 aromatic heterocycles. The Morgan fingerprint density at radius 3 is 1.35 bits per heavy atom. The third kappa shape index (κ3) is 18.5. The van der Waals surface area contributed by atoms with Gasteiger partial charge in [0, 0.05) is 6.42 Å². The standard InChI is InChI=1S/C23H46O8/c1-5-9-13-17-22(24)25-21-23(29-26-18-14-10-6-2,30-27-19-15-11-7-3)31-28-20-16-12-8-4/h5-21H2,1-4H3. The molecule has 0 N–H and O–H groups in total. The van der Waals surface area contributed by atoms with E-state index in [4.69, 9.17) is 34.1 Å². The molecule has 0 saturated carbocycles. The van der Waals surface area contributed by atoms with Crippen molar-refractivity contribution in [1.82, 2.24) is 0 Å². The van der Waals surface area contributed by atoms with Crippen LogP contribution in [0.25, 0.3) is 0 Å². The maximum absolute atomic E-state index is 12.1. The summed E-state index contributed by atoms with van der Waals surface area (Å²) in [5.74, 6) is -2.30. The highest BCUT2D eigenvalue weighted by Gasteiger charge is 2.41. The number of carbonyl (C=O) groups excluding carboxylic acids is 1. The summed E-state index contributed by atoms with van der Waals surface area (Å²) in [6.07, 6.45) is 11.7. The van der Waals surface area contributed by atoms with Gasteiger partial charge < -0.3 is 4.74 Å². The van der Waals surface area contributed by atoms with Crippen molar-refractivity contribution in [3.05, 3.63) is 0 Å². The Labute approximate surface area is 189 Å². The van der Waals surface area contributed by atoms with Crippen LogP contribution in [0.3, 0.4) is 0 Å². The van der Waals surface area contributed by atoms with Gasteiger partial charge in [0.15, 0.2) is 6.61 Å². The van der Waals surface area contributed by atoms with Crippen molar-refractivity contribution < 1.29 is 38.9 Å². The van der Waals surface area contributed by atoms with E-state index in [0.717, 1.165) is 77.0 Å². The third-order valence-electron chi connectivity index (χ3n) is 4.45. The lowest BCUT2D eigenvalue weighted by Gasteiger charge is -2.28. The minimum absolute atomic E-state index is 0.315. The highest BCUT2D eigenvalue weighted by molar-refractivity contribution is 5.69. The summed E-state index contributed by atoms with van der Waals surface area (Å²) in [6.45, 7) is 9.05. The summed E-state index contributed by atoms with van der Waals surface area (Å²) >= 11 is 0. The molecular formula is C23H46O8. The Kier molecular flexibility index (Phi) is 21.9. The zero-order chi connectivity index (χ0) is 23.0. The van der Waals surface area contributed by atoms with E-state index in [-0.39, 0.29) is 12.6 Å². The van der Waals surface area contributed by atoms with Gasteiger partial charge in [-0.25, -0.2) is 14.7 Å². The first kappa shape index (κ1) is 30.2. The molecule has 0 amide bonds. The molecule has 0 aliphatic rings. The smallest absolute Gasteiger partial charge is 0.398 e. The van der Waals surface area contributed by atoms with Gasteiger partial charge in [0.25, 0.3) is 0 Å². The number of unbranched alkanes of at least 4 members (excludes halogenated alkanes) is 8. The van der Waals surface area contributed by atoms with Gasteiger partial charge in [-0.15, -0.1) is 0 Å². The lowest BCUT2D eigenvalue weighted by Crippen LogP contribution is -2.45. The van der Waals surface area contributed by atoms with E-state index in [0.29, 0.717) is 26.2 Å². The topological polar surface area (TPSA) is 81.7 Å². The molecule has 186 valence electrons. The highest BCUT2D eigenvalue weighted by atomic mass is 17.4. The molecule has 0 aliphatic carbocycles. The second-order valence-corrected chi connectivity index (χ2v) is 7.64. The van der Waals surface area contributed by atoms with E-state index in [9.17, 15) is 4.79 Å². The average Bonchev–Trinajstić information content (AvgIpc) is 2.77. The number of carbonyl (C=O) groups is 1. The predicted molar refractivity (Wildman–Crippen MR) is 118 cm³/mol. The molecule has 0 radical (unpaired) electrons. The molecule has 0 spiro atoms. The molecule has 0 rings (SSSR count). The van der Waals surface area contributed by atoms with E-state index < -0.39 is 5.97 Å². The summed E-state index contributed by atoms with van der Waals surface area (Å²) in [5.41, 5.74) is 0. The average molecular weight is 451 g/mol. The van der Waals surface area contributed by atoms with Crippen LogP contribution in [-0.2, 0) is 38.9 Å². The SMILES string of the molecule is CCCCCOOC(COC(=O)CCCCC)(OOCCCCC)OOCCCCC. The van der Waals surface area contributed by atoms with Crippen LogP contribution in [-0.4, -0.2) is 38.4 Å². The van der Waals surface area contributed by atoms with Crippen LogP contribution in [0.5, 0.6) is 0 Å². The maximum Gasteiger partial charge on any atom is 0.398 e. The normalized spacial score (nSPS) is 11.7. The van der Waals surface area contributed by atoms with E-state index in [1.807, 2.05) is 0 Å². The van der Waals surface area contributed by atoms with E-state index in [2.05, 4.69) is 27.7 Å². The highest BCUT2D eigenvalue weighted by Crippen LogP contribution is 2.20. The number of rotatable bonds is 24. The number of hydrogen-bond acceptors (Lipinski definition) is 8. The molecule has 0 aromatic rings. The van der Waals surface area contributed by atoms with Crippen molar-refractivity contribution in [2.75, 3.05) is 26.4 Å². The zero-order valence-corrected chi connectivity index (χ0v) is 20.3. The van der Waals surface area contributed by atoms with Crippen LogP contribution in [0.1, 0.15) is 111 Å². The van der Waals surface area contributed by atoms with Gasteiger partial charge in [0.2, 0.25) is 0 Å². The van der Waals surface area contributed by atoms with Crippen LogP contribution in [0.4, 0.5) is 0 Å². The monoisotopic (exact) mass is 450 g/mol. The van der Waals surface area contributed by atoms with Crippen molar-refractivity contribution in [2.24, 2.45) is 0 Å². The molecule has 0 aliphatic heterocycles. The first-order valence-corrected chi connectivity index (χ1v) is 12.2. The molecule has 0 bridgehead atoms. The molecule has 0 atom stereocenters. The van der Waals surface area contributed by atoms with E-state index >= 15 is 0 Å². The summed E-state index contributed by atoms with van der Waals surface area (Å²) in [7, 11) is 0. The van der Waals surface area contributed by atoms with Crippen molar-refractivity contribution in [3.8, 4) is 0 Å². The third-order valence-corrected chi connectivity index (χ3v) is 4.45. The van der Waals surface area contributed by atoms with Crippen molar-refractivity contribution in [1.29, 1.82) is 0 Å². The quantitative estimate of drug-likeness (QED) is 0.0567. The van der Waals surface area contributed by atoms with Crippen molar-refractivity contribution >= 4 is 5.97 Å². The Bertz CT molecular complexity index is 356. The molecule has 0 fully saturated rings. The Morgan fingerprint density at radius 1 is 0.581 bits per heavy atom. The minimum Gasteiger partial charge on any atom is -0.457 e. The number of esters is 1. The second kappa shape index (κ2) is 22.4. The summed E-state index contributed by atoms with van der Waals surface area (Å²) in [5, 5.41) is 0. The summed E-state index contributed by atoms with van der Waals surface area (Å²) in [6, 6.07) is 0. The summed E-state index contributed by atoms with van der Waals surface area (Å²) < 4.78 is 5.33. The fourth-order valence-corrected chi connectivity index (χ4v) is 2.50. The van der Waals surface area contributed by atoms with Crippen molar-refractivity contribution in [3.63, 3.8) is 0 Å². The molecule has 8 heteroatoms. The van der Waals surface area contributed by atoms with Gasteiger partial charge in [-0.05, 0) is 25.7 Å². The molecule has 0 unspecified atom stereocenters. The number of hydrogen-bond donors (Lipinski definition) is 0. The first-order chi connectivity index (χ1) is 15.1. The van der Waals surface area contributed by atoms with Gasteiger partial charge in [0.05, 0.1) is 19.8 Å². The molecule has 0 heterocycles. The fraction of sp³-hybridized carbons (Fsp3) is 0.957. The van der Waals surface area contributed by atoms with E-state index in [1.165, 1.54) is 0 Å². The molecular weight excluding hydrogens is 404 g/mol. The molecule has 31 heavy (non-hydrogen) atoms. The fourth-order valence-electron chi connectivity index (χ4n) is 2.50. The predicted octanol–water partition coefficient (Wildman–Crippen LogP) is 6.18. The first-order valence-electron chi connectivity index (χ1n) is 12.2. The van der Waals surface area contributed by atoms with Gasteiger partial charge in [-0.3, -0.25) is 4.79 Å². The Morgan fingerprint density at radius 2 is 0.968 bits per heavy atom. The van der Waals surface area contributed by atoms with Gasteiger partial charge in [0.1, 0.15) is 0 Å². The Balaban J connectivity index is 4.88. The lowest BCUT2D eigenvalue weighted by atomic mass is 10.2. The minimum atomic E-state index is -1.94. The Hall–Kier alpha value is -0.770. The van der Waals surface area contributed by atoms with Crippen LogP contribution in [0, 0.1) is 0 Å². The van der Waals surface area contributed by atoms with E-state index in [1.54, 1.807) is 0 Å². The largest absolute Gasteiger partial charge is 0.457 e. The number of ether oxygens (including phenoxy) is 1. The molecule has 0 aromatic carbocycles.